The van der Waals surface area contributed by atoms with E-state index in [1.54, 1.807) is 0 Å². The molecule has 3 heterocycles. The zero-order valence-electron chi connectivity index (χ0n) is 11.3. The third kappa shape index (κ3) is 2.18. The van der Waals surface area contributed by atoms with Crippen molar-refractivity contribution in [1.29, 1.82) is 0 Å². The summed E-state index contributed by atoms with van der Waals surface area (Å²) in [6.45, 7) is 3.00. The quantitative estimate of drug-likeness (QED) is 0.919. The van der Waals surface area contributed by atoms with E-state index in [0.717, 1.165) is 62.1 Å². The summed E-state index contributed by atoms with van der Waals surface area (Å²) in [6.07, 6.45) is 2.95. The van der Waals surface area contributed by atoms with Crippen molar-refractivity contribution in [3.63, 3.8) is 0 Å². The zero-order chi connectivity index (χ0) is 13.4. The Balaban J connectivity index is 1.49. The smallest absolute Gasteiger partial charge is 0.226 e. The van der Waals surface area contributed by atoms with Crippen LogP contribution in [0.4, 0.5) is 0 Å². The minimum atomic E-state index is 0.682. The summed E-state index contributed by atoms with van der Waals surface area (Å²) in [5.74, 6) is 3.17. The maximum Gasteiger partial charge on any atom is 0.226 e. The van der Waals surface area contributed by atoms with Gasteiger partial charge in [0.2, 0.25) is 11.7 Å². The Morgan fingerprint density at radius 3 is 3.10 bits per heavy atom. The van der Waals surface area contributed by atoms with Gasteiger partial charge in [0, 0.05) is 18.4 Å². The first-order valence-electron chi connectivity index (χ1n) is 7.18. The third-order valence-corrected chi connectivity index (χ3v) is 4.05. The Morgan fingerprint density at radius 2 is 2.25 bits per heavy atom. The SMILES string of the molecule is c1cc2c(cc1-c1noc(CCC3CNC3)n1)CCO2. The highest BCUT2D eigenvalue weighted by molar-refractivity contribution is 5.59. The van der Waals surface area contributed by atoms with Gasteiger partial charge in [0.05, 0.1) is 6.61 Å². The summed E-state index contributed by atoms with van der Waals surface area (Å²) in [6, 6.07) is 6.09. The van der Waals surface area contributed by atoms with Gasteiger partial charge in [0.1, 0.15) is 5.75 Å². The molecule has 1 fully saturated rings. The van der Waals surface area contributed by atoms with E-state index in [1.165, 1.54) is 5.56 Å². The van der Waals surface area contributed by atoms with Gasteiger partial charge in [0.15, 0.2) is 0 Å². The fourth-order valence-corrected chi connectivity index (χ4v) is 2.68. The number of nitrogens with zero attached hydrogens (tertiary/aromatic N) is 2. The standard InChI is InChI=1S/C15H17N3O2/c1(10-8-16-9-10)4-14-17-15(18-20-14)12-2-3-13-11(7-12)5-6-19-13/h2-3,7,10,16H,1,4-6,8-9H2. The Kier molecular flexibility index (Phi) is 2.92. The van der Waals surface area contributed by atoms with Gasteiger partial charge in [-0.25, -0.2) is 0 Å². The number of hydrogen-bond acceptors (Lipinski definition) is 5. The average Bonchev–Trinajstić information content (AvgIpc) is 3.04. The van der Waals surface area contributed by atoms with Crippen molar-refractivity contribution in [3.8, 4) is 17.1 Å². The van der Waals surface area contributed by atoms with E-state index in [4.69, 9.17) is 9.26 Å². The minimum Gasteiger partial charge on any atom is -0.493 e. The van der Waals surface area contributed by atoms with E-state index < -0.39 is 0 Å². The van der Waals surface area contributed by atoms with Crippen LogP contribution in [0.2, 0.25) is 0 Å². The molecule has 104 valence electrons. The fourth-order valence-electron chi connectivity index (χ4n) is 2.68. The van der Waals surface area contributed by atoms with Crippen LogP contribution in [0.15, 0.2) is 22.7 Å². The van der Waals surface area contributed by atoms with Crippen molar-refractivity contribution in [2.75, 3.05) is 19.7 Å². The van der Waals surface area contributed by atoms with Crippen molar-refractivity contribution in [2.45, 2.75) is 19.3 Å². The van der Waals surface area contributed by atoms with E-state index in [1.807, 2.05) is 12.1 Å². The molecule has 1 saturated heterocycles. The molecule has 0 spiro atoms. The van der Waals surface area contributed by atoms with Gasteiger partial charge in [-0.1, -0.05) is 5.16 Å². The van der Waals surface area contributed by atoms with Crippen LogP contribution in [0.1, 0.15) is 17.9 Å². The lowest BCUT2D eigenvalue weighted by Gasteiger charge is -2.26. The van der Waals surface area contributed by atoms with Crippen molar-refractivity contribution >= 4 is 0 Å². The molecule has 5 heteroatoms. The Bertz CT molecular complexity index is 619. The molecule has 1 N–H and O–H groups in total. The number of ether oxygens (including phenoxy) is 1. The van der Waals surface area contributed by atoms with Crippen molar-refractivity contribution < 1.29 is 9.26 Å². The van der Waals surface area contributed by atoms with Crippen LogP contribution in [0, 0.1) is 5.92 Å². The van der Waals surface area contributed by atoms with Crippen molar-refractivity contribution in [1.82, 2.24) is 15.5 Å². The predicted octanol–water partition coefficient (Wildman–Crippen LogP) is 1.82. The number of nitrogens with one attached hydrogen (secondary N) is 1. The lowest BCUT2D eigenvalue weighted by molar-refractivity contribution is 0.305. The van der Waals surface area contributed by atoms with Crippen LogP contribution in [0.3, 0.4) is 0 Å². The summed E-state index contributed by atoms with van der Waals surface area (Å²) in [5, 5.41) is 7.37. The first kappa shape index (κ1) is 11.9. The normalized spacial score (nSPS) is 17.6. The van der Waals surface area contributed by atoms with Crippen LogP contribution >= 0.6 is 0 Å². The van der Waals surface area contributed by atoms with Crippen molar-refractivity contribution in [3.05, 3.63) is 29.7 Å². The molecule has 4 rings (SSSR count). The topological polar surface area (TPSA) is 60.2 Å². The van der Waals surface area contributed by atoms with Crippen LogP contribution in [0.25, 0.3) is 11.4 Å². The maximum atomic E-state index is 5.51. The van der Waals surface area contributed by atoms with Crippen molar-refractivity contribution in [2.24, 2.45) is 5.92 Å². The lowest BCUT2D eigenvalue weighted by atomic mass is 9.97. The molecule has 0 radical (unpaired) electrons. The number of hydrogen-bond donors (Lipinski definition) is 1. The van der Waals surface area contributed by atoms with Gasteiger partial charge in [-0.2, -0.15) is 4.98 Å². The van der Waals surface area contributed by atoms with E-state index >= 15 is 0 Å². The van der Waals surface area contributed by atoms with Gasteiger partial charge < -0.3 is 14.6 Å². The summed E-state index contributed by atoms with van der Waals surface area (Å²) in [5.41, 5.74) is 2.24. The van der Waals surface area contributed by atoms with Gasteiger partial charge in [-0.15, -0.1) is 0 Å². The molecule has 5 nitrogen and oxygen atoms in total. The second kappa shape index (κ2) is 4.90. The first-order chi connectivity index (χ1) is 9.88. The Hall–Kier alpha value is -1.88. The number of fused-ring (bicyclic) bond motifs is 1. The molecule has 0 amide bonds. The Morgan fingerprint density at radius 1 is 1.30 bits per heavy atom. The monoisotopic (exact) mass is 271 g/mol. The highest BCUT2D eigenvalue weighted by Gasteiger charge is 2.19. The number of aryl methyl sites for hydroxylation is 1. The second-order valence-corrected chi connectivity index (χ2v) is 5.50. The molecule has 0 saturated carbocycles. The highest BCUT2D eigenvalue weighted by atomic mass is 16.5. The van der Waals surface area contributed by atoms with Crippen LogP contribution < -0.4 is 10.1 Å². The molecule has 0 unspecified atom stereocenters. The average molecular weight is 271 g/mol. The molecule has 0 bridgehead atoms. The van der Waals surface area contributed by atoms with Crippen LogP contribution in [-0.2, 0) is 12.8 Å². The number of aromatic nitrogens is 2. The van der Waals surface area contributed by atoms with Gasteiger partial charge in [0.25, 0.3) is 0 Å². The summed E-state index contributed by atoms with van der Waals surface area (Å²) >= 11 is 0. The molecule has 1 aromatic heterocycles. The Labute approximate surface area is 117 Å². The lowest BCUT2D eigenvalue weighted by Crippen LogP contribution is -2.42. The first-order valence-corrected chi connectivity index (χ1v) is 7.18. The second-order valence-electron chi connectivity index (χ2n) is 5.50. The number of benzene rings is 1. The molecular formula is C15H17N3O2. The molecule has 0 aliphatic carbocycles. The third-order valence-electron chi connectivity index (χ3n) is 4.05. The van der Waals surface area contributed by atoms with Crippen LogP contribution in [-0.4, -0.2) is 29.8 Å². The molecule has 20 heavy (non-hydrogen) atoms. The molecule has 2 aromatic rings. The van der Waals surface area contributed by atoms with E-state index in [0.29, 0.717) is 5.82 Å². The fraction of sp³-hybridized carbons (Fsp3) is 0.467. The summed E-state index contributed by atoms with van der Waals surface area (Å²) in [7, 11) is 0. The van der Waals surface area contributed by atoms with E-state index in [2.05, 4.69) is 21.5 Å². The van der Waals surface area contributed by atoms with Crippen LogP contribution in [0.5, 0.6) is 5.75 Å². The highest BCUT2D eigenvalue weighted by Crippen LogP contribution is 2.29. The summed E-state index contributed by atoms with van der Waals surface area (Å²) in [4.78, 5) is 4.50. The molecular weight excluding hydrogens is 254 g/mol. The molecule has 0 atom stereocenters. The predicted molar refractivity (Wildman–Crippen MR) is 73.6 cm³/mol. The molecule has 2 aliphatic heterocycles. The van der Waals surface area contributed by atoms with Gasteiger partial charge in [-0.05, 0) is 49.2 Å². The van der Waals surface area contributed by atoms with Gasteiger partial charge in [-0.3, -0.25) is 0 Å². The van der Waals surface area contributed by atoms with E-state index in [-0.39, 0.29) is 0 Å². The molecule has 1 aromatic carbocycles. The zero-order valence-corrected chi connectivity index (χ0v) is 11.3. The maximum absolute atomic E-state index is 5.51. The minimum absolute atomic E-state index is 0.682. The summed E-state index contributed by atoms with van der Waals surface area (Å²) < 4.78 is 10.9. The van der Waals surface area contributed by atoms with Gasteiger partial charge >= 0.3 is 0 Å². The number of rotatable bonds is 4. The largest absolute Gasteiger partial charge is 0.493 e. The molecule has 2 aliphatic rings. The van der Waals surface area contributed by atoms with E-state index in [9.17, 15) is 0 Å².